The van der Waals surface area contributed by atoms with Crippen molar-refractivity contribution in [1.29, 1.82) is 0 Å². The van der Waals surface area contributed by atoms with Crippen molar-refractivity contribution in [2.45, 2.75) is 19.6 Å². The first-order chi connectivity index (χ1) is 3.15. The van der Waals surface area contributed by atoms with Gasteiger partial charge in [0.2, 0.25) is 6.41 Å². The van der Waals surface area contributed by atoms with Gasteiger partial charge >= 0.3 is 0 Å². The molecule has 0 heterocycles. The second kappa shape index (κ2) is 9.19. The topological polar surface area (TPSA) is 43.1 Å². The summed E-state index contributed by atoms with van der Waals surface area (Å²) in [4.78, 5) is 8.58. The van der Waals surface area contributed by atoms with Gasteiger partial charge in [-0.1, -0.05) is 19.6 Å². The number of carbonyl (C=O) groups excluding carboxylic acids is 1. The predicted molar refractivity (Wildman–Crippen MR) is 35.0 cm³/mol. The fraction of sp³-hybridized carbons (Fsp3) is 0.750. The van der Waals surface area contributed by atoms with E-state index >= 15 is 0 Å². The summed E-state index contributed by atoms with van der Waals surface area (Å²) in [5, 5.41) is 0. The highest BCUT2D eigenvalue weighted by molar-refractivity contribution is 6.54. The maximum Gasteiger partial charge on any atom is 0.204 e. The molecule has 2 nitrogen and oxygen atoms in total. The second-order valence-electron chi connectivity index (χ2n) is 1.87. The Hall–Kier alpha value is -0.313. The van der Waals surface area contributed by atoms with E-state index in [1.807, 2.05) is 0 Å². The van der Waals surface area contributed by atoms with Gasteiger partial charge < -0.3 is 5.73 Å². The monoisotopic (exact) mass is 119 g/mol. The fourth-order valence-electron chi connectivity index (χ4n) is 0. The zero-order valence-corrected chi connectivity index (χ0v) is 6.29. The maximum absolute atomic E-state index is 8.58. The van der Waals surface area contributed by atoms with Gasteiger partial charge in [-0.15, -0.1) is 0 Å². The molecule has 0 saturated heterocycles. The van der Waals surface area contributed by atoms with Crippen molar-refractivity contribution < 1.29 is 4.79 Å². The Morgan fingerprint density at radius 2 is 1.43 bits per heavy atom. The van der Waals surface area contributed by atoms with Crippen LogP contribution in [0.1, 0.15) is 0 Å². The first-order valence-corrected chi connectivity index (χ1v) is 5.77. The Morgan fingerprint density at radius 1 is 1.43 bits per heavy atom. The van der Waals surface area contributed by atoms with Crippen LogP contribution >= 0.6 is 0 Å². The summed E-state index contributed by atoms with van der Waals surface area (Å²) in [7, 11) is -0.139. The van der Waals surface area contributed by atoms with Gasteiger partial charge in [-0.05, 0) is 0 Å². The van der Waals surface area contributed by atoms with Crippen molar-refractivity contribution >= 4 is 15.2 Å². The van der Waals surface area contributed by atoms with E-state index in [0.717, 1.165) is 0 Å². The highest BCUT2D eigenvalue weighted by Gasteiger charge is 1.71. The number of nitrogens with two attached hydrogens (primary N) is 1. The molecule has 1 amide bonds. The molecular formula is C4H13NOSi. The van der Waals surface area contributed by atoms with Crippen LogP contribution in [0.15, 0.2) is 0 Å². The van der Waals surface area contributed by atoms with Crippen LogP contribution in [0.4, 0.5) is 0 Å². The molecule has 0 aliphatic heterocycles. The molecule has 0 aromatic carbocycles. The van der Waals surface area contributed by atoms with Crippen LogP contribution in [0, 0.1) is 0 Å². The van der Waals surface area contributed by atoms with E-state index in [1.165, 1.54) is 0 Å². The molecule has 0 radical (unpaired) electrons. The Balaban J connectivity index is 0. The molecule has 0 aromatic heterocycles. The first kappa shape index (κ1) is 9.84. The van der Waals surface area contributed by atoms with Crippen molar-refractivity contribution in [3.8, 4) is 0 Å². The molecule has 7 heavy (non-hydrogen) atoms. The first-order valence-electron chi connectivity index (χ1n) is 2.30. The Kier molecular flexibility index (Phi) is 12.9. The summed E-state index contributed by atoms with van der Waals surface area (Å²) in [6.07, 6.45) is 0.250. The van der Waals surface area contributed by atoms with Gasteiger partial charge in [0.15, 0.2) is 0 Å². The highest BCUT2D eigenvalue weighted by atomic mass is 28.3. The largest absolute Gasteiger partial charge is 0.372 e. The summed E-state index contributed by atoms with van der Waals surface area (Å²) >= 11 is 0. The van der Waals surface area contributed by atoms with E-state index in [1.54, 1.807) is 0 Å². The minimum Gasteiger partial charge on any atom is -0.372 e. The average Bonchev–Trinajstić information content (AvgIpc) is 1.33. The molecule has 2 N–H and O–H groups in total. The minimum absolute atomic E-state index is 0.139. The fourth-order valence-corrected chi connectivity index (χ4v) is 0. The molecule has 0 unspecified atom stereocenters. The summed E-state index contributed by atoms with van der Waals surface area (Å²) in [6.45, 7) is 6.92. The van der Waals surface area contributed by atoms with Gasteiger partial charge in [0, 0.05) is 8.80 Å². The summed E-state index contributed by atoms with van der Waals surface area (Å²) < 4.78 is 0. The third kappa shape index (κ3) is 788. The third-order valence-electron chi connectivity index (χ3n) is 0. The van der Waals surface area contributed by atoms with E-state index in [9.17, 15) is 0 Å². The van der Waals surface area contributed by atoms with Crippen molar-refractivity contribution in [2.24, 2.45) is 5.73 Å². The van der Waals surface area contributed by atoms with Crippen LogP contribution in [0.5, 0.6) is 0 Å². The van der Waals surface area contributed by atoms with Crippen LogP contribution in [0.2, 0.25) is 19.6 Å². The van der Waals surface area contributed by atoms with E-state index in [0.29, 0.717) is 0 Å². The number of carbonyl (C=O) groups is 1. The van der Waals surface area contributed by atoms with E-state index in [-0.39, 0.29) is 15.2 Å². The number of primary amides is 1. The molecular weight excluding hydrogens is 106 g/mol. The van der Waals surface area contributed by atoms with Crippen LogP contribution in [-0.2, 0) is 4.79 Å². The molecule has 0 saturated carbocycles. The zero-order valence-electron chi connectivity index (χ0n) is 5.14. The molecule has 3 heteroatoms. The minimum atomic E-state index is -0.139. The SMILES string of the molecule is C[SiH](C)C.NC=O. The van der Waals surface area contributed by atoms with Crippen LogP contribution in [-0.4, -0.2) is 15.2 Å². The molecule has 0 aliphatic rings. The molecule has 0 atom stereocenters. The van der Waals surface area contributed by atoms with Gasteiger partial charge in [0.25, 0.3) is 0 Å². The lowest BCUT2D eigenvalue weighted by Crippen LogP contribution is -1.84. The zero-order chi connectivity index (χ0) is 6.28. The number of hydrogen-bond acceptors (Lipinski definition) is 1. The molecule has 0 aliphatic carbocycles. The molecule has 44 valence electrons. The lowest BCUT2D eigenvalue weighted by molar-refractivity contribution is -0.106. The average molecular weight is 119 g/mol. The number of rotatable bonds is 0. The van der Waals surface area contributed by atoms with Crippen LogP contribution in [0.3, 0.4) is 0 Å². The molecule has 0 bridgehead atoms. The molecule has 0 fully saturated rings. The lowest BCUT2D eigenvalue weighted by atomic mass is 11.5. The van der Waals surface area contributed by atoms with Gasteiger partial charge in [-0.2, -0.15) is 0 Å². The smallest absolute Gasteiger partial charge is 0.204 e. The van der Waals surface area contributed by atoms with E-state index in [2.05, 4.69) is 25.4 Å². The number of amides is 1. The van der Waals surface area contributed by atoms with Gasteiger partial charge in [0.1, 0.15) is 0 Å². The lowest BCUT2D eigenvalue weighted by Gasteiger charge is -1.75. The quantitative estimate of drug-likeness (QED) is 0.359. The number of hydrogen-bond donors (Lipinski definition) is 1. The summed E-state index contributed by atoms with van der Waals surface area (Å²) in [6, 6.07) is 0. The molecule has 0 rings (SSSR count). The van der Waals surface area contributed by atoms with Gasteiger partial charge in [-0.25, -0.2) is 0 Å². The normalized spacial score (nSPS) is 6.86. The van der Waals surface area contributed by atoms with Crippen LogP contribution in [0.25, 0.3) is 0 Å². The highest BCUT2D eigenvalue weighted by Crippen LogP contribution is 1.68. The Morgan fingerprint density at radius 3 is 1.43 bits per heavy atom. The molecule has 0 aromatic rings. The van der Waals surface area contributed by atoms with Gasteiger partial charge in [0.05, 0.1) is 0 Å². The summed E-state index contributed by atoms with van der Waals surface area (Å²) in [5.74, 6) is 0. The van der Waals surface area contributed by atoms with Crippen LogP contribution < -0.4 is 5.73 Å². The third-order valence-corrected chi connectivity index (χ3v) is 0. The Bertz CT molecular complexity index is 35.9. The van der Waals surface area contributed by atoms with Crippen molar-refractivity contribution in [2.75, 3.05) is 0 Å². The standard InChI is InChI=1S/C3H10Si.CH3NO/c1-4(2)3;2-1-3/h4H,1-3H3;1H,(H2,2,3). The predicted octanol–water partition coefficient (Wildman–Crippen LogP) is 0.204. The Labute approximate surface area is 46.3 Å². The molecule has 0 spiro atoms. The van der Waals surface area contributed by atoms with E-state index < -0.39 is 0 Å². The maximum atomic E-state index is 8.58. The van der Waals surface area contributed by atoms with Crippen molar-refractivity contribution in [3.05, 3.63) is 0 Å². The van der Waals surface area contributed by atoms with E-state index in [4.69, 9.17) is 4.79 Å². The van der Waals surface area contributed by atoms with Gasteiger partial charge in [-0.3, -0.25) is 4.79 Å². The van der Waals surface area contributed by atoms with Crippen molar-refractivity contribution in [3.63, 3.8) is 0 Å². The summed E-state index contributed by atoms with van der Waals surface area (Å²) in [5.41, 5.74) is 4.17. The van der Waals surface area contributed by atoms with Crippen molar-refractivity contribution in [1.82, 2.24) is 0 Å². The second-order valence-corrected chi connectivity index (χ2v) is 5.33.